The van der Waals surface area contributed by atoms with E-state index in [0.717, 1.165) is 21.2 Å². The molecule has 1 unspecified atom stereocenters. The second-order valence-corrected chi connectivity index (χ2v) is 5.67. The molecule has 0 amide bonds. The number of benzene rings is 2. The van der Waals surface area contributed by atoms with Gasteiger partial charge in [0.2, 0.25) is 0 Å². The Kier molecular flexibility index (Phi) is 4.78. The van der Waals surface area contributed by atoms with Crippen molar-refractivity contribution in [3.63, 3.8) is 0 Å². The number of methoxy groups -OCH3 is 1. The summed E-state index contributed by atoms with van der Waals surface area (Å²) in [5.41, 5.74) is 2.61. The molecule has 2 aromatic rings. The van der Waals surface area contributed by atoms with Gasteiger partial charge in [0.25, 0.3) is 0 Å². The van der Waals surface area contributed by atoms with Gasteiger partial charge in [-0.2, -0.15) is 0 Å². The molecule has 2 aromatic carbocycles. The summed E-state index contributed by atoms with van der Waals surface area (Å²) in [5, 5.41) is 10.3. The lowest BCUT2D eigenvalue weighted by molar-refractivity contribution is 0.178. The molecule has 0 bridgehead atoms. The number of halogens is 2. The number of ether oxygens (including phenoxy) is 1. The van der Waals surface area contributed by atoms with E-state index in [1.54, 1.807) is 12.1 Å². The fourth-order valence-electron chi connectivity index (χ4n) is 2.13. The van der Waals surface area contributed by atoms with Gasteiger partial charge in [0, 0.05) is 10.9 Å². The first-order valence-corrected chi connectivity index (χ1v) is 7.06. The van der Waals surface area contributed by atoms with E-state index in [4.69, 9.17) is 4.74 Å². The molecule has 0 aromatic heterocycles. The lowest BCUT2D eigenvalue weighted by Gasteiger charge is -2.13. The maximum Gasteiger partial charge on any atom is 0.165 e. The SMILES string of the molecule is COc1ccc(CC(O)c2cc(C)cc(Br)c2)cc1F. The monoisotopic (exact) mass is 338 g/mol. The molecule has 20 heavy (non-hydrogen) atoms. The number of hydrogen-bond donors (Lipinski definition) is 1. The number of hydrogen-bond acceptors (Lipinski definition) is 2. The van der Waals surface area contributed by atoms with Gasteiger partial charge >= 0.3 is 0 Å². The lowest BCUT2D eigenvalue weighted by atomic mass is 10.00. The minimum Gasteiger partial charge on any atom is -0.494 e. The highest BCUT2D eigenvalue weighted by Gasteiger charge is 2.12. The first-order valence-electron chi connectivity index (χ1n) is 6.27. The quantitative estimate of drug-likeness (QED) is 0.905. The number of aryl methyl sites for hydroxylation is 1. The Balaban J connectivity index is 2.18. The van der Waals surface area contributed by atoms with Gasteiger partial charge in [-0.1, -0.05) is 28.1 Å². The Morgan fingerprint density at radius 2 is 2.00 bits per heavy atom. The Labute approximate surface area is 126 Å². The van der Waals surface area contributed by atoms with E-state index in [1.165, 1.54) is 13.2 Å². The number of aliphatic hydroxyl groups excluding tert-OH is 1. The van der Waals surface area contributed by atoms with Crippen LogP contribution >= 0.6 is 15.9 Å². The second-order valence-electron chi connectivity index (χ2n) is 4.75. The van der Waals surface area contributed by atoms with Crippen molar-refractivity contribution in [1.82, 2.24) is 0 Å². The van der Waals surface area contributed by atoms with Crippen molar-refractivity contribution in [2.75, 3.05) is 7.11 Å². The number of aliphatic hydroxyl groups is 1. The second kappa shape index (κ2) is 6.37. The predicted octanol–water partition coefficient (Wildman–Crippen LogP) is 4.18. The molecule has 0 radical (unpaired) electrons. The van der Waals surface area contributed by atoms with Gasteiger partial charge in [-0.15, -0.1) is 0 Å². The maximum absolute atomic E-state index is 13.6. The summed E-state index contributed by atoms with van der Waals surface area (Å²) in [7, 11) is 1.43. The third kappa shape index (κ3) is 3.58. The molecule has 4 heteroatoms. The van der Waals surface area contributed by atoms with Gasteiger partial charge < -0.3 is 9.84 Å². The van der Waals surface area contributed by atoms with E-state index < -0.39 is 11.9 Å². The summed E-state index contributed by atoms with van der Waals surface area (Å²) in [6.07, 6.45) is -0.310. The molecular weight excluding hydrogens is 323 g/mol. The van der Waals surface area contributed by atoms with E-state index in [0.29, 0.717) is 6.42 Å². The molecule has 2 nitrogen and oxygen atoms in total. The molecule has 0 heterocycles. The van der Waals surface area contributed by atoms with Crippen molar-refractivity contribution in [3.05, 3.63) is 63.4 Å². The minimum absolute atomic E-state index is 0.210. The molecule has 1 N–H and O–H groups in total. The van der Waals surface area contributed by atoms with E-state index >= 15 is 0 Å². The van der Waals surface area contributed by atoms with Crippen LogP contribution in [0.4, 0.5) is 4.39 Å². The predicted molar refractivity (Wildman–Crippen MR) is 80.5 cm³/mol. The Hall–Kier alpha value is -1.39. The van der Waals surface area contributed by atoms with Gasteiger partial charge in [0.15, 0.2) is 11.6 Å². The highest BCUT2D eigenvalue weighted by atomic mass is 79.9. The third-order valence-corrected chi connectivity index (χ3v) is 3.55. The summed E-state index contributed by atoms with van der Waals surface area (Å²) in [4.78, 5) is 0. The zero-order valence-corrected chi connectivity index (χ0v) is 12.9. The molecule has 106 valence electrons. The topological polar surface area (TPSA) is 29.5 Å². The molecule has 0 spiro atoms. The largest absolute Gasteiger partial charge is 0.494 e. The molecule has 0 aliphatic carbocycles. The summed E-state index contributed by atoms with van der Waals surface area (Å²) >= 11 is 3.41. The van der Waals surface area contributed by atoms with Crippen LogP contribution in [0.3, 0.4) is 0 Å². The van der Waals surface area contributed by atoms with Crippen LogP contribution in [-0.2, 0) is 6.42 Å². The van der Waals surface area contributed by atoms with Gasteiger partial charge in [-0.05, 0) is 47.9 Å². The summed E-state index contributed by atoms with van der Waals surface area (Å²) in [5.74, 6) is -0.204. The van der Waals surface area contributed by atoms with Crippen LogP contribution in [0.5, 0.6) is 5.75 Å². The molecule has 0 saturated heterocycles. The maximum atomic E-state index is 13.6. The highest BCUT2D eigenvalue weighted by molar-refractivity contribution is 9.10. The van der Waals surface area contributed by atoms with E-state index in [-0.39, 0.29) is 5.75 Å². The molecule has 1 atom stereocenters. The summed E-state index contributed by atoms with van der Waals surface area (Å²) in [6, 6.07) is 10.5. The van der Waals surface area contributed by atoms with Crippen LogP contribution in [-0.4, -0.2) is 12.2 Å². The molecule has 0 aliphatic heterocycles. The molecule has 2 rings (SSSR count). The molecule has 0 aliphatic rings. The minimum atomic E-state index is -0.668. The van der Waals surface area contributed by atoms with Crippen LogP contribution in [0.2, 0.25) is 0 Å². The molecular formula is C16H16BrFO2. The summed E-state index contributed by atoms with van der Waals surface area (Å²) < 4.78 is 19.4. The third-order valence-electron chi connectivity index (χ3n) is 3.09. The van der Waals surface area contributed by atoms with Gasteiger partial charge in [0.05, 0.1) is 13.2 Å². The van der Waals surface area contributed by atoms with Crippen LogP contribution in [0.1, 0.15) is 22.8 Å². The van der Waals surface area contributed by atoms with Gasteiger partial charge in [0.1, 0.15) is 0 Å². The highest BCUT2D eigenvalue weighted by Crippen LogP contribution is 2.25. The zero-order valence-electron chi connectivity index (χ0n) is 11.4. The first kappa shape index (κ1) is 15.0. The number of rotatable bonds is 4. The fourth-order valence-corrected chi connectivity index (χ4v) is 2.76. The Morgan fingerprint density at radius 3 is 2.60 bits per heavy atom. The van der Waals surface area contributed by atoms with Gasteiger partial charge in [-0.25, -0.2) is 4.39 Å². The Morgan fingerprint density at radius 1 is 1.25 bits per heavy atom. The molecule has 0 saturated carbocycles. The zero-order chi connectivity index (χ0) is 14.7. The van der Waals surface area contributed by atoms with Gasteiger partial charge in [-0.3, -0.25) is 0 Å². The van der Waals surface area contributed by atoms with Crippen molar-refractivity contribution < 1.29 is 14.2 Å². The Bertz CT molecular complexity index is 593. The van der Waals surface area contributed by atoms with Crippen molar-refractivity contribution in [3.8, 4) is 5.75 Å². The van der Waals surface area contributed by atoms with Crippen molar-refractivity contribution in [2.45, 2.75) is 19.4 Å². The van der Waals surface area contributed by atoms with Crippen molar-refractivity contribution in [1.29, 1.82) is 0 Å². The van der Waals surface area contributed by atoms with Crippen molar-refractivity contribution in [2.24, 2.45) is 0 Å². The van der Waals surface area contributed by atoms with Crippen molar-refractivity contribution >= 4 is 15.9 Å². The smallest absolute Gasteiger partial charge is 0.165 e. The van der Waals surface area contributed by atoms with Crippen LogP contribution in [0.15, 0.2) is 40.9 Å². The van der Waals surface area contributed by atoms with Crippen LogP contribution < -0.4 is 4.74 Å². The fraction of sp³-hybridized carbons (Fsp3) is 0.250. The van der Waals surface area contributed by atoms with E-state index in [2.05, 4.69) is 15.9 Å². The summed E-state index contributed by atoms with van der Waals surface area (Å²) in [6.45, 7) is 1.97. The van der Waals surface area contributed by atoms with E-state index in [1.807, 2.05) is 25.1 Å². The average molecular weight is 339 g/mol. The first-order chi connectivity index (χ1) is 9.49. The normalized spacial score (nSPS) is 12.2. The van der Waals surface area contributed by atoms with Crippen LogP contribution in [0.25, 0.3) is 0 Å². The lowest BCUT2D eigenvalue weighted by Crippen LogP contribution is -2.03. The average Bonchev–Trinajstić information content (AvgIpc) is 2.37. The standard InChI is InChI=1S/C16H16BrFO2/c1-10-5-12(9-13(17)6-10)15(19)8-11-3-4-16(20-2)14(18)7-11/h3-7,9,15,19H,8H2,1-2H3. The van der Waals surface area contributed by atoms with E-state index in [9.17, 15) is 9.50 Å². The molecule has 0 fully saturated rings. The van der Waals surface area contributed by atoms with Crippen LogP contribution in [0, 0.1) is 12.7 Å².